The molecule has 0 aliphatic carbocycles. The number of benzene rings is 2. The molecule has 1 aliphatic heterocycles. The number of hydrogen-bond acceptors (Lipinski definition) is 8. The van der Waals surface area contributed by atoms with E-state index in [2.05, 4.69) is 0 Å². The Labute approximate surface area is 215 Å². The number of likely N-dealkylation sites (N-methyl/N-ethyl adjacent to an activating group) is 1. The van der Waals surface area contributed by atoms with Gasteiger partial charge in [-0.2, -0.15) is 0 Å². The molecule has 0 bridgehead atoms. The Morgan fingerprint density at radius 1 is 1.03 bits per heavy atom. The summed E-state index contributed by atoms with van der Waals surface area (Å²) in [6, 6.07) is 7.13. The summed E-state index contributed by atoms with van der Waals surface area (Å²) in [6.07, 6.45) is 0. The highest BCUT2D eigenvalue weighted by atomic mass is 35.5. The van der Waals surface area contributed by atoms with Gasteiger partial charge in [-0.1, -0.05) is 11.6 Å². The summed E-state index contributed by atoms with van der Waals surface area (Å²) in [5.41, 5.74) is 0.737. The van der Waals surface area contributed by atoms with Crippen molar-refractivity contribution in [2.24, 2.45) is 0 Å². The van der Waals surface area contributed by atoms with Crippen LogP contribution in [0.25, 0.3) is 5.76 Å². The number of carbonyl (C=O) groups excluding carboxylic acids is 2. The van der Waals surface area contributed by atoms with Gasteiger partial charge in [-0.05, 0) is 56.9 Å². The molecule has 0 unspecified atom stereocenters. The van der Waals surface area contributed by atoms with Crippen LogP contribution in [0.5, 0.6) is 23.0 Å². The zero-order valence-corrected chi connectivity index (χ0v) is 22.0. The van der Waals surface area contributed by atoms with Crippen molar-refractivity contribution >= 4 is 29.1 Å². The molecule has 9 nitrogen and oxygen atoms in total. The number of aliphatic hydroxyl groups excluding tert-OH is 1. The second kappa shape index (κ2) is 11.5. The fraction of sp³-hybridized carbons (Fsp3) is 0.385. The zero-order valence-electron chi connectivity index (χ0n) is 21.3. The van der Waals surface area contributed by atoms with Gasteiger partial charge in [-0.25, -0.2) is 0 Å². The predicted molar refractivity (Wildman–Crippen MR) is 136 cm³/mol. The van der Waals surface area contributed by atoms with Crippen LogP contribution < -0.4 is 18.9 Å². The third kappa shape index (κ3) is 5.22. The summed E-state index contributed by atoms with van der Waals surface area (Å²) in [7, 11) is 8.18. The van der Waals surface area contributed by atoms with E-state index in [1.165, 1.54) is 32.3 Å². The molecule has 1 amide bonds. The number of nitrogens with zero attached hydrogens (tertiary/aromatic N) is 2. The topological polar surface area (TPSA) is 97.8 Å². The number of methoxy groups -OCH3 is 3. The minimum Gasteiger partial charge on any atom is -0.507 e. The fourth-order valence-corrected chi connectivity index (χ4v) is 4.34. The Morgan fingerprint density at radius 2 is 1.67 bits per heavy atom. The Kier molecular flexibility index (Phi) is 8.70. The van der Waals surface area contributed by atoms with Crippen molar-refractivity contribution in [3.8, 4) is 23.0 Å². The van der Waals surface area contributed by atoms with Gasteiger partial charge >= 0.3 is 0 Å². The molecule has 1 heterocycles. The highest BCUT2D eigenvalue weighted by Gasteiger charge is 2.46. The van der Waals surface area contributed by atoms with Crippen molar-refractivity contribution in [3.05, 3.63) is 52.1 Å². The lowest BCUT2D eigenvalue weighted by Gasteiger charge is -2.27. The van der Waals surface area contributed by atoms with Gasteiger partial charge in [-0.3, -0.25) is 9.59 Å². The van der Waals surface area contributed by atoms with Crippen LogP contribution >= 0.6 is 11.6 Å². The highest BCUT2D eigenvalue weighted by Crippen LogP contribution is 2.46. The molecule has 1 N–H and O–H groups in total. The number of ketones is 1. The van der Waals surface area contributed by atoms with E-state index in [1.807, 2.05) is 25.9 Å². The first-order valence-corrected chi connectivity index (χ1v) is 11.7. The molecule has 1 saturated heterocycles. The quantitative estimate of drug-likeness (QED) is 0.288. The van der Waals surface area contributed by atoms with Crippen LogP contribution in [0.15, 0.2) is 35.9 Å². The van der Waals surface area contributed by atoms with Crippen molar-refractivity contribution < 1.29 is 33.6 Å². The average molecular weight is 519 g/mol. The zero-order chi connectivity index (χ0) is 26.6. The summed E-state index contributed by atoms with van der Waals surface area (Å²) < 4.78 is 21.9. The van der Waals surface area contributed by atoms with Crippen LogP contribution in [0.4, 0.5) is 0 Å². The smallest absolute Gasteiger partial charge is 0.295 e. The molecule has 0 saturated carbocycles. The van der Waals surface area contributed by atoms with Crippen molar-refractivity contribution in [2.45, 2.75) is 13.0 Å². The average Bonchev–Trinajstić information content (AvgIpc) is 3.12. The van der Waals surface area contributed by atoms with Gasteiger partial charge in [0.2, 0.25) is 5.75 Å². The summed E-state index contributed by atoms with van der Waals surface area (Å²) in [6.45, 7) is 3.00. The first-order chi connectivity index (χ1) is 17.2. The van der Waals surface area contributed by atoms with Crippen LogP contribution in [0.2, 0.25) is 5.02 Å². The number of ether oxygens (including phenoxy) is 4. The minimum atomic E-state index is -0.899. The third-order valence-corrected chi connectivity index (χ3v) is 6.13. The van der Waals surface area contributed by atoms with Gasteiger partial charge in [-0.15, -0.1) is 0 Å². The second-order valence-electron chi connectivity index (χ2n) is 8.33. The standard InChI is InChI=1S/C26H31ClN2O7/c1-7-36-18-9-8-15(12-17(18)27)23(30)21-22(29(11-10-28(2)3)26(32)24(21)31)16-13-19(33-4)25(35-6)20(14-16)34-5/h8-9,12-14,22,30H,7,10-11H2,1-6H3/b23-21+/t22-/m0/s1. The molecule has 0 spiro atoms. The molecule has 1 aliphatic rings. The fourth-order valence-electron chi connectivity index (χ4n) is 4.10. The van der Waals surface area contributed by atoms with Crippen LogP contribution in [-0.2, 0) is 9.59 Å². The van der Waals surface area contributed by atoms with Crippen molar-refractivity contribution in [1.82, 2.24) is 9.80 Å². The number of carbonyl (C=O) groups is 2. The Balaban J connectivity index is 2.24. The largest absolute Gasteiger partial charge is 0.507 e. The van der Waals surface area contributed by atoms with Crippen molar-refractivity contribution in [1.29, 1.82) is 0 Å². The van der Waals surface area contributed by atoms with Gasteiger partial charge in [0.25, 0.3) is 11.7 Å². The van der Waals surface area contributed by atoms with E-state index >= 15 is 0 Å². The number of halogens is 1. The summed E-state index contributed by atoms with van der Waals surface area (Å²) in [5.74, 6) is -0.326. The lowest BCUT2D eigenvalue weighted by Crippen LogP contribution is -2.35. The first-order valence-electron chi connectivity index (χ1n) is 11.3. The summed E-state index contributed by atoms with van der Waals surface area (Å²) in [5, 5.41) is 11.6. The number of rotatable bonds is 10. The maximum Gasteiger partial charge on any atom is 0.295 e. The summed E-state index contributed by atoms with van der Waals surface area (Å²) in [4.78, 5) is 29.8. The van der Waals surface area contributed by atoms with Gasteiger partial charge in [0.15, 0.2) is 11.5 Å². The van der Waals surface area contributed by atoms with E-state index in [4.69, 9.17) is 30.5 Å². The number of aliphatic hydroxyl groups is 1. The van der Waals surface area contributed by atoms with E-state index in [9.17, 15) is 14.7 Å². The molecule has 10 heteroatoms. The Bertz CT molecular complexity index is 1150. The first kappa shape index (κ1) is 27.2. The molecule has 2 aromatic carbocycles. The second-order valence-corrected chi connectivity index (χ2v) is 8.74. The van der Waals surface area contributed by atoms with Crippen LogP contribution in [0.1, 0.15) is 24.1 Å². The summed E-state index contributed by atoms with van der Waals surface area (Å²) >= 11 is 6.33. The van der Waals surface area contributed by atoms with E-state index in [0.29, 0.717) is 41.7 Å². The molecular weight excluding hydrogens is 488 g/mol. The van der Waals surface area contributed by atoms with E-state index in [1.54, 1.807) is 24.3 Å². The molecule has 2 aromatic rings. The van der Waals surface area contributed by atoms with Crippen molar-refractivity contribution in [2.75, 3.05) is 55.1 Å². The van der Waals surface area contributed by atoms with Gasteiger partial charge in [0.1, 0.15) is 11.5 Å². The number of amides is 1. The van der Waals surface area contributed by atoms with E-state index in [-0.39, 0.29) is 28.5 Å². The van der Waals surface area contributed by atoms with Gasteiger partial charge < -0.3 is 33.9 Å². The number of likely N-dealkylation sites (tertiary alicyclic amines) is 1. The van der Waals surface area contributed by atoms with E-state index < -0.39 is 17.7 Å². The van der Waals surface area contributed by atoms with Crippen LogP contribution in [0.3, 0.4) is 0 Å². The van der Waals surface area contributed by atoms with E-state index in [0.717, 1.165) is 0 Å². The Hall–Kier alpha value is -3.43. The normalized spacial score (nSPS) is 17.0. The molecule has 36 heavy (non-hydrogen) atoms. The van der Waals surface area contributed by atoms with Crippen LogP contribution in [0, 0.1) is 0 Å². The Morgan fingerprint density at radius 3 is 2.17 bits per heavy atom. The van der Waals surface area contributed by atoms with Gasteiger partial charge in [0.05, 0.1) is 44.6 Å². The van der Waals surface area contributed by atoms with Gasteiger partial charge in [0, 0.05) is 18.7 Å². The van der Waals surface area contributed by atoms with Crippen molar-refractivity contribution in [3.63, 3.8) is 0 Å². The lowest BCUT2D eigenvalue weighted by atomic mass is 9.94. The number of Topliss-reactive ketones (excluding diaryl/α,β-unsaturated/α-hetero) is 1. The molecule has 0 aromatic heterocycles. The maximum absolute atomic E-state index is 13.3. The molecule has 1 atom stereocenters. The SMILES string of the molecule is CCOc1ccc(/C(O)=C2\C(=O)C(=O)N(CCN(C)C)[C@H]2c2cc(OC)c(OC)c(OC)c2)cc1Cl. The molecule has 3 rings (SSSR count). The molecular formula is C26H31ClN2O7. The highest BCUT2D eigenvalue weighted by molar-refractivity contribution is 6.46. The monoisotopic (exact) mass is 518 g/mol. The molecule has 0 radical (unpaired) electrons. The predicted octanol–water partition coefficient (Wildman–Crippen LogP) is 3.75. The lowest BCUT2D eigenvalue weighted by molar-refractivity contribution is -0.140. The third-order valence-electron chi connectivity index (χ3n) is 5.84. The molecule has 194 valence electrons. The number of hydrogen-bond donors (Lipinski definition) is 1. The minimum absolute atomic E-state index is 0.0618. The maximum atomic E-state index is 13.3. The molecule has 1 fully saturated rings. The van der Waals surface area contributed by atoms with Crippen LogP contribution in [-0.4, -0.2) is 81.7 Å².